The molecule has 0 amide bonds. The summed E-state index contributed by atoms with van der Waals surface area (Å²) in [6.07, 6.45) is -6.38. The molecule has 0 unspecified atom stereocenters. The Morgan fingerprint density at radius 2 is 1.83 bits per heavy atom. The van der Waals surface area contributed by atoms with Gasteiger partial charge in [-0.2, -0.15) is 0 Å². The summed E-state index contributed by atoms with van der Waals surface area (Å²) in [6, 6.07) is -0.568. The van der Waals surface area contributed by atoms with Gasteiger partial charge in [0.25, 0.3) is 5.56 Å². The molecule has 0 saturated carbocycles. The maximum Gasteiger partial charge on any atom is 0.330 e. The van der Waals surface area contributed by atoms with E-state index in [1.54, 1.807) is 6.92 Å². The van der Waals surface area contributed by atoms with Crippen molar-refractivity contribution in [3.63, 3.8) is 0 Å². The van der Waals surface area contributed by atoms with Crippen LogP contribution in [0.3, 0.4) is 0 Å². The first-order valence-corrected chi connectivity index (χ1v) is 8.98. The second kappa shape index (κ2) is 9.65. The summed E-state index contributed by atoms with van der Waals surface area (Å²) in [6.45, 7) is 3.69. The Hall–Kier alpha value is -3.03. The van der Waals surface area contributed by atoms with Crippen LogP contribution in [0.5, 0.6) is 0 Å². The van der Waals surface area contributed by atoms with Gasteiger partial charge in [0, 0.05) is 26.1 Å². The van der Waals surface area contributed by atoms with Crippen LogP contribution in [0, 0.1) is 0 Å². The van der Waals surface area contributed by atoms with Gasteiger partial charge in [-0.25, -0.2) is 4.79 Å². The average Bonchev–Trinajstić information content (AvgIpc) is 2.97. The predicted octanol–water partition coefficient (Wildman–Crippen LogP) is -2.45. The number of nitrogens with two attached hydrogens (primary N) is 1. The summed E-state index contributed by atoms with van der Waals surface area (Å²) in [5.41, 5.74) is 4.14. The van der Waals surface area contributed by atoms with Gasteiger partial charge >= 0.3 is 23.6 Å². The fraction of sp³-hybridized carbons (Fsp3) is 0.588. The number of hydrogen-bond acceptors (Lipinski definition) is 11. The highest BCUT2D eigenvalue weighted by atomic mass is 16.6. The number of carbonyl (C=O) groups excluding carboxylic acids is 3. The Bertz CT molecular complexity index is 910. The first-order chi connectivity index (χ1) is 14.1. The first-order valence-electron chi connectivity index (χ1n) is 8.98. The van der Waals surface area contributed by atoms with Gasteiger partial charge in [0.05, 0.1) is 6.61 Å². The van der Waals surface area contributed by atoms with Gasteiger partial charge in [-0.05, 0) is 6.92 Å². The molecule has 2 heterocycles. The van der Waals surface area contributed by atoms with Crippen molar-refractivity contribution in [2.75, 3.05) is 6.61 Å². The molecule has 1 aromatic rings. The number of H-pyrrole nitrogens is 1. The maximum absolute atomic E-state index is 12.2. The van der Waals surface area contributed by atoms with Crippen LogP contribution in [0.2, 0.25) is 0 Å². The van der Waals surface area contributed by atoms with Crippen LogP contribution < -0.4 is 17.0 Å². The number of aromatic nitrogens is 2. The van der Waals surface area contributed by atoms with Crippen LogP contribution in [-0.4, -0.2) is 69.6 Å². The number of carbonyl (C=O) groups is 3. The number of aliphatic hydroxyl groups is 1. The molecule has 1 fully saturated rings. The molecule has 0 aliphatic carbocycles. The highest BCUT2D eigenvalue weighted by Crippen LogP contribution is 2.35. The molecule has 0 spiro atoms. The average molecular weight is 429 g/mol. The van der Waals surface area contributed by atoms with Crippen molar-refractivity contribution < 1.29 is 38.4 Å². The zero-order chi connectivity index (χ0) is 22.6. The lowest BCUT2D eigenvalue weighted by Crippen LogP contribution is -2.53. The SMILES string of the molecule is CCOC(=O)[C@H](N)[C@@H](O)[C@@H]1O[C@H](n2ccc(=O)[nH]c2=O)[C@H](OC(C)=O)[C@@H]1OC(C)=O. The molecule has 4 N–H and O–H groups in total. The van der Waals surface area contributed by atoms with E-state index in [-0.39, 0.29) is 6.61 Å². The highest BCUT2D eigenvalue weighted by Gasteiger charge is 2.54. The quantitative estimate of drug-likeness (QED) is 0.308. The van der Waals surface area contributed by atoms with Crippen LogP contribution in [0.4, 0.5) is 0 Å². The molecule has 1 aliphatic rings. The molecule has 0 aromatic carbocycles. The topological polar surface area (TPSA) is 189 Å². The largest absolute Gasteiger partial charge is 0.465 e. The van der Waals surface area contributed by atoms with E-state index in [1.165, 1.54) is 0 Å². The zero-order valence-electron chi connectivity index (χ0n) is 16.5. The Labute approximate surface area is 169 Å². The van der Waals surface area contributed by atoms with E-state index < -0.39 is 65.8 Å². The highest BCUT2D eigenvalue weighted by molar-refractivity contribution is 5.76. The number of esters is 3. The third-order valence-corrected chi connectivity index (χ3v) is 4.22. The molecule has 30 heavy (non-hydrogen) atoms. The summed E-state index contributed by atoms with van der Waals surface area (Å²) in [5, 5.41) is 10.6. The molecule has 0 radical (unpaired) electrons. The van der Waals surface area contributed by atoms with E-state index in [2.05, 4.69) is 0 Å². The van der Waals surface area contributed by atoms with E-state index in [0.717, 1.165) is 30.7 Å². The van der Waals surface area contributed by atoms with E-state index >= 15 is 0 Å². The minimum Gasteiger partial charge on any atom is -0.465 e. The van der Waals surface area contributed by atoms with Gasteiger partial charge in [0.1, 0.15) is 18.2 Å². The zero-order valence-corrected chi connectivity index (χ0v) is 16.5. The fourth-order valence-corrected chi connectivity index (χ4v) is 3.02. The van der Waals surface area contributed by atoms with Gasteiger partial charge in [0.2, 0.25) is 0 Å². The Balaban J connectivity index is 2.48. The predicted molar refractivity (Wildman–Crippen MR) is 97.0 cm³/mol. The van der Waals surface area contributed by atoms with Crippen LogP contribution in [0.25, 0.3) is 0 Å². The molecule has 13 nitrogen and oxygen atoms in total. The van der Waals surface area contributed by atoms with Crippen LogP contribution in [-0.2, 0) is 33.3 Å². The summed E-state index contributed by atoms with van der Waals surface area (Å²) in [5.74, 6) is -2.55. The molecule has 1 aromatic heterocycles. The maximum atomic E-state index is 12.2. The van der Waals surface area contributed by atoms with Crippen LogP contribution in [0.15, 0.2) is 21.9 Å². The Morgan fingerprint density at radius 3 is 2.37 bits per heavy atom. The van der Waals surface area contributed by atoms with Crippen LogP contribution >= 0.6 is 0 Å². The van der Waals surface area contributed by atoms with Gasteiger partial charge in [-0.15, -0.1) is 0 Å². The van der Waals surface area contributed by atoms with Crippen LogP contribution in [0.1, 0.15) is 27.0 Å². The van der Waals surface area contributed by atoms with Crippen molar-refractivity contribution in [1.29, 1.82) is 0 Å². The first kappa shape index (κ1) is 23.3. The molecule has 166 valence electrons. The molecule has 13 heteroatoms. The van der Waals surface area contributed by atoms with Crippen molar-refractivity contribution >= 4 is 17.9 Å². The second-order valence-corrected chi connectivity index (χ2v) is 6.43. The monoisotopic (exact) mass is 429 g/mol. The Morgan fingerprint density at radius 1 is 1.23 bits per heavy atom. The van der Waals surface area contributed by atoms with Gasteiger partial charge in [0.15, 0.2) is 18.4 Å². The number of rotatable bonds is 7. The fourth-order valence-electron chi connectivity index (χ4n) is 3.02. The molecule has 1 aliphatic heterocycles. The lowest BCUT2D eigenvalue weighted by molar-refractivity contribution is -0.167. The van der Waals surface area contributed by atoms with E-state index in [9.17, 15) is 29.1 Å². The number of nitrogens with one attached hydrogen (secondary N) is 1. The summed E-state index contributed by atoms with van der Waals surface area (Å²) in [4.78, 5) is 60.7. The number of aliphatic hydroxyl groups excluding tert-OH is 1. The third-order valence-electron chi connectivity index (χ3n) is 4.22. The molecule has 1 saturated heterocycles. The summed E-state index contributed by atoms with van der Waals surface area (Å²) in [7, 11) is 0. The van der Waals surface area contributed by atoms with E-state index in [0.29, 0.717) is 0 Å². The number of ether oxygens (including phenoxy) is 4. The molecular weight excluding hydrogens is 406 g/mol. The smallest absolute Gasteiger partial charge is 0.330 e. The minimum atomic E-state index is -1.75. The third kappa shape index (κ3) is 5.11. The molecule has 2 rings (SSSR count). The minimum absolute atomic E-state index is 0.00359. The lowest BCUT2D eigenvalue weighted by Gasteiger charge is -2.27. The van der Waals surface area contributed by atoms with Crippen molar-refractivity contribution in [1.82, 2.24) is 9.55 Å². The standard InChI is InChI=1S/C17H23N3O10/c1-4-27-16(25)10(18)11(24)12-13(28-7(2)21)14(29-8(3)22)15(30-12)20-6-5-9(23)19-17(20)26/h5-6,10-15,24H,4,18H2,1-3H3,(H,19,23,26)/t10-,11-,12+,13-,14-,15+/m1/s1. The van der Waals surface area contributed by atoms with Crippen molar-refractivity contribution in [2.24, 2.45) is 5.73 Å². The number of hydrogen-bond donors (Lipinski definition) is 3. The van der Waals surface area contributed by atoms with E-state index in [1.807, 2.05) is 4.98 Å². The summed E-state index contributed by atoms with van der Waals surface area (Å²) >= 11 is 0. The van der Waals surface area contributed by atoms with Crippen molar-refractivity contribution in [3.05, 3.63) is 33.1 Å². The Kier molecular flexibility index (Phi) is 7.48. The van der Waals surface area contributed by atoms with Crippen molar-refractivity contribution in [2.45, 2.75) is 57.5 Å². The molecule has 0 bridgehead atoms. The number of nitrogens with zero attached hydrogens (tertiary/aromatic N) is 1. The second-order valence-electron chi connectivity index (χ2n) is 6.43. The lowest BCUT2D eigenvalue weighted by atomic mass is 9.99. The molecule has 6 atom stereocenters. The molecular formula is C17H23N3O10. The van der Waals surface area contributed by atoms with Gasteiger partial charge < -0.3 is 29.8 Å². The summed E-state index contributed by atoms with van der Waals surface area (Å²) < 4.78 is 21.7. The van der Waals surface area contributed by atoms with Crippen molar-refractivity contribution in [3.8, 4) is 0 Å². The van der Waals surface area contributed by atoms with Gasteiger partial charge in [-0.1, -0.05) is 0 Å². The van der Waals surface area contributed by atoms with Gasteiger partial charge in [-0.3, -0.25) is 28.7 Å². The normalized spacial score (nSPS) is 25.2. The number of aromatic amines is 1. The van der Waals surface area contributed by atoms with E-state index in [4.69, 9.17) is 24.7 Å².